The molecule has 0 radical (unpaired) electrons. The van der Waals surface area contributed by atoms with Crippen LogP contribution in [0.3, 0.4) is 0 Å². The Hall–Kier alpha value is -2.95. The van der Waals surface area contributed by atoms with Crippen LogP contribution in [-0.4, -0.2) is 27.2 Å². The zero-order chi connectivity index (χ0) is 17.4. The Morgan fingerprint density at radius 3 is 2.76 bits per heavy atom. The summed E-state index contributed by atoms with van der Waals surface area (Å²) in [7, 11) is 0. The molecule has 1 amide bonds. The Bertz CT molecular complexity index is 916. The smallest absolute Gasteiger partial charge is 0.261 e. The molecule has 4 rings (SSSR count). The van der Waals surface area contributed by atoms with Crippen LogP contribution < -0.4 is 4.90 Å². The fourth-order valence-electron chi connectivity index (χ4n) is 3.53. The van der Waals surface area contributed by atoms with E-state index >= 15 is 0 Å². The van der Waals surface area contributed by atoms with E-state index in [4.69, 9.17) is 0 Å². The maximum absolute atomic E-state index is 13.2. The second kappa shape index (κ2) is 6.16. The minimum atomic E-state index is 0.0100. The number of pyridine rings is 1. The Morgan fingerprint density at radius 1 is 1.20 bits per heavy atom. The summed E-state index contributed by atoms with van der Waals surface area (Å²) in [6, 6.07) is 13.8. The van der Waals surface area contributed by atoms with Crippen molar-refractivity contribution in [3.63, 3.8) is 0 Å². The molecule has 3 aromatic rings. The molecule has 0 spiro atoms. The summed E-state index contributed by atoms with van der Waals surface area (Å²) in [6.45, 7) is 4.90. The molecule has 126 valence electrons. The highest BCUT2D eigenvalue weighted by atomic mass is 16.2. The number of anilines is 1. The van der Waals surface area contributed by atoms with E-state index in [9.17, 15) is 4.79 Å². The predicted octanol–water partition coefficient (Wildman–Crippen LogP) is 3.59. The van der Waals surface area contributed by atoms with Crippen LogP contribution in [0.1, 0.15) is 41.4 Å². The number of benzene rings is 1. The largest absolute Gasteiger partial charge is 0.307 e. The van der Waals surface area contributed by atoms with Crippen molar-refractivity contribution in [2.45, 2.75) is 26.2 Å². The fourth-order valence-corrected chi connectivity index (χ4v) is 3.53. The maximum atomic E-state index is 13.2. The maximum Gasteiger partial charge on any atom is 0.261 e. The second-order valence-corrected chi connectivity index (χ2v) is 6.33. The summed E-state index contributed by atoms with van der Waals surface area (Å²) >= 11 is 0. The van der Waals surface area contributed by atoms with Crippen LogP contribution in [0.15, 0.2) is 54.9 Å². The molecule has 1 aliphatic rings. The van der Waals surface area contributed by atoms with Gasteiger partial charge in [-0.1, -0.05) is 38.1 Å². The quantitative estimate of drug-likeness (QED) is 0.736. The normalized spacial score (nSPS) is 16.1. The van der Waals surface area contributed by atoms with E-state index in [1.807, 2.05) is 48.2 Å². The molecule has 0 N–H and O–H groups in total. The molecular formula is C20H20N4O. The molecule has 1 aliphatic heterocycles. The lowest BCUT2D eigenvalue weighted by Gasteiger charge is -2.17. The van der Waals surface area contributed by atoms with Gasteiger partial charge >= 0.3 is 0 Å². The van der Waals surface area contributed by atoms with E-state index in [2.05, 4.69) is 23.1 Å². The van der Waals surface area contributed by atoms with E-state index in [0.29, 0.717) is 24.4 Å². The highest BCUT2D eigenvalue weighted by Crippen LogP contribution is 2.36. The topological polar surface area (TPSA) is 51.0 Å². The number of nitrogens with zero attached hydrogens (tertiary/aromatic N) is 4. The van der Waals surface area contributed by atoms with Gasteiger partial charge in [-0.15, -0.1) is 0 Å². The van der Waals surface area contributed by atoms with Crippen LogP contribution in [0.5, 0.6) is 0 Å². The number of fused-ring (bicyclic) bond motifs is 1. The van der Waals surface area contributed by atoms with Crippen molar-refractivity contribution >= 4 is 11.6 Å². The van der Waals surface area contributed by atoms with Gasteiger partial charge in [-0.25, -0.2) is 9.67 Å². The number of amides is 1. The van der Waals surface area contributed by atoms with Crippen LogP contribution >= 0.6 is 0 Å². The van der Waals surface area contributed by atoms with Crippen molar-refractivity contribution in [2.75, 3.05) is 11.4 Å². The number of hydrogen-bond acceptors (Lipinski definition) is 3. The first-order valence-electron chi connectivity index (χ1n) is 8.59. The molecule has 0 saturated heterocycles. The summed E-state index contributed by atoms with van der Waals surface area (Å²) in [4.78, 5) is 19.5. The SMILES string of the molecule is CCc1c(C(=O)N2C[C@H](C)c3ccccc32)cnn1-c1ccccn1. The average Bonchev–Trinajstić information content (AvgIpc) is 3.24. The molecule has 0 fully saturated rings. The molecule has 0 saturated carbocycles. The Balaban J connectivity index is 1.74. The van der Waals surface area contributed by atoms with Gasteiger partial charge in [-0.2, -0.15) is 5.10 Å². The van der Waals surface area contributed by atoms with Gasteiger partial charge in [0.2, 0.25) is 0 Å². The molecule has 5 nitrogen and oxygen atoms in total. The van der Waals surface area contributed by atoms with Crippen LogP contribution in [0.2, 0.25) is 0 Å². The molecule has 1 aromatic carbocycles. The summed E-state index contributed by atoms with van der Waals surface area (Å²) in [5, 5.41) is 4.43. The number of carbonyl (C=O) groups excluding carboxylic acids is 1. The van der Waals surface area contributed by atoms with Crippen LogP contribution in [0.4, 0.5) is 5.69 Å². The van der Waals surface area contributed by atoms with Crippen molar-refractivity contribution in [1.82, 2.24) is 14.8 Å². The molecule has 0 aliphatic carbocycles. The van der Waals surface area contributed by atoms with Gasteiger partial charge in [-0.3, -0.25) is 4.79 Å². The summed E-state index contributed by atoms with van der Waals surface area (Å²) in [6.07, 6.45) is 4.11. The summed E-state index contributed by atoms with van der Waals surface area (Å²) in [5.41, 5.74) is 3.77. The average molecular weight is 332 g/mol. The monoisotopic (exact) mass is 332 g/mol. The third-order valence-electron chi connectivity index (χ3n) is 4.76. The van der Waals surface area contributed by atoms with Crippen LogP contribution in [-0.2, 0) is 6.42 Å². The van der Waals surface area contributed by atoms with E-state index in [1.54, 1.807) is 17.1 Å². The number of aromatic nitrogens is 3. The minimum Gasteiger partial charge on any atom is -0.307 e. The highest BCUT2D eigenvalue weighted by Gasteiger charge is 2.32. The molecule has 0 bridgehead atoms. The first-order valence-corrected chi connectivity index (χ1v) is 8.59. The van der Waals surface area contributed by atoms with Crippen molar-refractivity contribution in [3.05, 3.63) is 71.7 Å². The zero-order valence-corrected chi connectivity index (χ0v) is 14.4. The number of rotatable bonds is 3. The molecule has 3 heterocycles. The molecule has 2 aromatic heterocycles. The molecule has 1 atom stereocenters. The first-order chi connectivity index (χ1) is 12.2. The molecule has 0 unspecified atom stereocenters. The second-order valence-electron chi connectivity index (χ2n) is 6.33. The number of carbonyl (C=O) groups is 1. The number of para-hydroxylation sites is 1. The van der Waals surface area contributed by atoms with E-state index in [1.165, 1.54) is 5.56 Å². The van der Waals surface area contributed by atoms with Gasteiger partial charge in [0, 0.05) is 24.3 Å². The third kappa shape index (κ3) is 2.52. The highest BCUT2D eigenvalue weighted by molar-refractivity contribution is 6.08. The van der Waals surface area contributed by atoms with Crippen LogP contribution in [0.25, 0.3) is 5.82 Å². The van der Waals surface area contributed by atoms with Gasteiger partial charge < -0.3 is 4.90 Å². The lowest BCUT2D eigenvalue weighted by molar-refractivity contribution is 0.0987. The number of hydrogen-bond donors (Lipinski definition) is 0. The molecule has 5 heteroatoms. The minimum absolute atomic E-state index is 0.0100. The summed E-state index contributed by atoms with van der Waals surface area (Å²) in [5.74, 6) is 1.08. The first kappa shape index (κ1) is 15.6. The standard InChI is InChI=1S/C20H20N4O/c1-3-17-16(12-22-24(17)19-10-6-7-11-21-19)20(25)23-13-14(2)15-8-4-5-9-18(15)23/h4-12,14H,3,13H2,1-2H3/t14-/m0/s1. The predicted molar refractivity (Wildman–Crippen MR) is 97.3 cm³/mol. The lowest BCUT2D eigenvalue weighted by Crippen LogP contribution is -2.30. The van der Waals surface area contributed by atoms with E-state index in [-0.39, 0.29) is 5.91 Å². The van der Waals surface area contributed by atoms with Crippen LogP contribution in [0, 0.1) is 0 Å². The molecular weight excluding hydrogens is 312 g/mol. The van der Waals surface area contributed by atoms with Gasteiger partial charge in [0.05, 0.1) is 17.5 Å². The zero-order valence-electron chi connectivity index (χ0n) is 14.4. The van der Waals surface area contributed by atoms with Gasteiger partial charge in [0.1, 0.15) is 0 Å². The van der Waals surface area contributed by atoms with Crippen molar-refractivity contribution in [3.8, 4) is 5.82 Å². The van der Waals surface area contributed by atoms with Crippen molar-refractivity contribution in [1.29, 1.82) is 0 Å². The van der Waals surface area contributed by atoms with Crippen molar-refractivity contribution in [2.24, 2.45) is 0 Å². The van der Waals surface area contributed by atoms with Gasteiger partial charge in [-0.05, 0) is 30.2 Å². The summed E-state index contributed by atoms with van der Waals surface area (Å²) < 4.78 is 1.76. The van der Waals surface area contributed by atoms with Gasteiger partial charge in [0.15, 0.2) is 5.82 Å². The third-order valence-corrected chi connectivity index (χ3v) is 4.76. The van der Waals surface area contributed by atoms with Crippen molar-refractivity contribution < 1.29 is 4.79 Å². The Labute approximate surface area is 146 Å². The van der Waals surface area contributed by atoms with E-state index in [0.717, 1.165) is 17.2 Å². The fraction of sp³-hybridized carbons (Fsp3) is 0.250. The lowest BCUT2D eigenvalue weighted by atomic mass is 10.0. The van der Waals surface area contributed by atoms with Gasteiger partial charge in [0.25, 0.3) is 5.91 Å². The Morgan fingerprint density at radius 2 is 2.00 bits per heavy atom. The molecule has 25 heavy (non-hydrogen) atoms. The van der Waals surface area contributed by atoms with E-state index < -0.39 is 0 Å². The Kier molecular flexibility index (Phi) is 3.84.